The molecule has 0 spiro atoms. The van der Waals surface area contributed by atoms with Crippen LogP contribution in [0, 0.1) is 12.7 Å². The molecule has 1 aromatic heterocycles. The third kappa shape index (κ3) is 8.20. The maximum Gasteiger partial charge on any atom is 0.275 e. The van der Waals surface area contributed by atoms with E-state index >= 15 is 0 Å². The zero-order valence-corrected chi connectivity index (χ0v) is 28.1. The Morgan fingerprint density at radius 2 is 1.76 bits per heavy atom. The molecule has 242 valence electrons. The fourth-order valence-electron chi connectivity index (χ4n) is 5.74. The van der Waals surface area contributed by atoms with E-state index in [4.69, 9.17) is 4.74 Å². The van der Waals surface area contributed by atoms with E-state index in [1.807, 2.05) is 12.1 Å². The number of methoxy groups -OCH3 is 1. The number of carbonyl (C=O) groups is 1. The summed E-state index contributed by atoms with van der Waals surface area (Å²) in [5.41, 5.74) is 2.75. The Bertz CT molecular complexity index is 1660. The van der Waals surface area contributed by atoms with Gasteiger partial charge >= 0.3 is 0 Å². The van der Waals surface area contributed by atoms with Crippen molar-refractivity contribution >= 4 is 60.6 Å². The number of anilines is 5. The minimum absolute atomic E-state index is 0.0161. The summed E-state index contributed by atoms with van der Waals surface area (Å²) in [6.45, 7) is 8.50. The van der Waals surface area contributed by atoms with E-state index in [1.54, 1.807) is 7.11 Å². The Hall–Kier alpha value is -3.53. The molecular weight excluding hydrogens is 667 g/mol. The highest BCUT2D eigenvalue weighted by molar-refractivity contribution is 9.10. The normalized spacial score (nSPS) is 16.8. The smallest absolute Gasteiger partial charge is 0.275 e. The molecular formula is C30H38BrFN8O4S. The first kappa shape index (κ1) is 32.9. The number of sulfonamides is 1. The summed E-state index contributed by atoms with van der Waals surface area (Å²) >= 11 is 3.31. The predicted molar refractivity (Wildman–Crippen MR) is 178 cm³/mol. The SMILES string of the molecule is COc1cc(N2CCC(N3CCN(C)CC3)CC2)c(C)cc1Nc1ncc(Br)c(C(=O)Nc2ccc(F)cc2NS(C)(=O)=O)n1. The van der Waals surface area contributed by atoms with Crippen LogP contribution in [0.1, 0.15) is 28.9 Å². The Morgan fingerprint density at radius 3 is 2.42 bits per heavy atom. The first-order valence-corrected chi connectivity index (χ1v) is 17.3. The van der Waals surface area contributed by atoms with E-state index in [9.17, 15) is 17.6 Å². The molecule has 5 rings (SSSR count). The van der Waals surface area contributed by atoms with Gasteiger partial charge in [0.1, 0.15) is 17.3 Å². The summed E-state index contributed by atoms with van der Waals surface area (Å²) in [5, 5.41) is 5.76. The second-order valence-electron chi connectivity index (χ2n) is 11.4. The van der Waals surface area contributed by atoms with Gasteiger partial charge in [-0.15, -0.1) is 0 Å². The predicted octanol–water partition coefficient (Wildman–Crippen LogP) is 4.28. The number of halogens is 2. The van der Waals surface area contributed by atoms with Gasteiger partial charge in [-0.25, -0.2) is 22.8 Å². The number of nitrogens with zero attached hydrogens (tertiary/aromatic N) is 5. The second kappa shape index (κ2) is 13.8. The highest BCUT2D eigenvalue weighted by atomic mass is 79.9. The van der Waals surface area contributed by atoms with E-state index in [2.05, 4.69) is 69.9 Å². The third-order valence-electron chi connectivity index (χ3n) is 8.11. The van der Waals surface area contributed by atoms with Gasteiger partial charge in [0.25, 0.3) is 5.91 Å². The number of aryl methyl sites for hydroxylation is 1. The number of ether oxygens (including phenoxy) is 1. The highest BCUT2D eigenvalue weighted by Gasteiger charge is 2.28. The van der Waals surface area contributed by atoms with Crippen molar-refractivity contribution < 1.29 is 22.3 Å². The van der Waals surface area contributed by atoms with Crippen molar-refractivity contribution in [1.82, 2.24) is 19.8 Å². The number of piperazine rings is 1. The van der Waals surface area contributed by atoms with Gasteiger partial charge in [-0.2, -0.15) is 0 Å². The molecule has 2 aromatic carbocycles. The lowest BCUT2D eigenvalue weighted by molar-refractivity contribution is 0.0982. The van der Waals surface area contributed by atoms with Crippen LogP contribution in [0.3, 0.4) is 0 Å². The molecule has 0 atom stereocenters. The largest absolute Gasteiger partial charge is 0.494 e. The van der Waals surface area contributed by atoms with Gasteiger partial charge in [-0.1, -0.05) is 0 Å². The number of amides is 1. The van der Waals surface area contributed by atoms with Crippen LogP contribution in [0.2, 0.25) is 0 Å². The average Bonchev–Trinajstić information content (AvgIpc) is 2.99. The Labute approximate surface area is 271 Å². The van der Waals surface area contributed by atoms with Crippen LogP contribution in [-0.2, 0) is 10.0 Å². The number of piperidine rings is 1. The van der Waals surface area contributed by atoms with E-state index < -0.39 is 21.7 Å². The van der Waals surface area contributed by atoms with E-state index in [-0.39, 0.29) is 23.0 Å². The van der Waals surface area contributed by atoms with Gasteiger partial charge in [-0.3, -0.25) is 14.4 Å². The van der Waals surface area contributed by atoms with Crippen molar-refractivity contribution in [3.8, 4) is 5.75 Å². The van der Waals surface area contributed by atoms with Gasteiger partial charge in [0.2, 0.25) is 16.0 Å². The Kier molecular flexibility index (Phi) is 10.1. The van der Waals surface area contributed by atoms with Crippen molar-refractivity contribution in [3.05, 3.63) is 58.1 Å². The fourth-order valence-corrected chi connectivity index (χ4v) is 6.68. The molecule has 45 heavy (non-hydrogen) atoms. The fraction of sp³-hybridized carbons (Fsp3) is 0.433. The molecule has 12 nitrogen and oxygen atoms in total. The number of likely N-dealkylation sites (N-methyl/N-ethyl adjacent to an activating group) is 1. The van der Waals surface area contributed by atoms with E-state index in [1.165, 1.54) is 12.3 Å². The zero-order chi connectivity index (χ0) is 32.3. The van der Waals surface area contributed by atoms with Gasteiger partial charge in [0.05, 0.1) is 34.9 Å². The van der Waals surface area contributed by atoms with Crippen molar-refractivity contribution in [2.45, 2.75) is 25.8 Å². The Balaban J connectivity index is 1.30. The molecule has 3 heterocycles. The number of nitrogens with one attached hydrogen (secondary N) is 3. The molecule has 3 N–H and O–H groups in total. The lowest BCUT2D eigenvalue weighted by atomic mass is 10.0. The van der Waals surface area contributed by atoms with Crippen LogP contribution < -0.4 is 25.0 Å². The van der Waals surface area contributed by atoms with E-state index in [0.29, 0.717) is 22.0 Å². The summed E-state index contributed by atoms with van der Waals surface area (Å²) in [4.78, 5) is 29.3. The molecule has 2 aliphatic rings. The maximum atomic E-state index is 13.8. The van der Waals surface area contributed by atoms with Crippen LogP contribution in [0.15, 0.2) is 41.0 Å². The van der Waals surface area contributed by atoms with Crippen LogP contribution in [-0.4, -0.2) is 99.8 Å². The summed E-state index contributed by atoms with van der Waals surface area (Å²) < 4.78 is 45.6. The molecule has 2 saturated heterocycles. The molecule has 0 unspecified atom stereocenters. The number of aromatic nitrogens is 2. The van der Waals surface area contributed by atoms with Crippen LogP contribution in [0.5, 0.6) is 5.75 Å². The number of carbonyl (C=O) groups excluding carboxylic acids is 1. The van der Waals surface area contributed by atoms with Gasteiger partial charge in [0.15, 0.2) is 0 Å². The van der Waals surface area contributed by atoms with Gasteiger partial charge in [0, 0.05) is 69.3 Å². The van der Waals surface area contributed by atoms with Crippen LogP contribution in [0.4, 0.5) is 33.1 Å². The van der Waals surface area contributed by atoms with Crippen molar-refractivity contribution in [2.24, 2.45) is 0 Å². The summed E-state index contributed by atoms with van der Waals surface area (Å²) in [7, 11) is 0.0576. The average molecular weight is 706 g/mol. The number of benzene rings is 2. The number of hydrogen-bond acceptors (Lipinski definition) is 10. The standard InChI is InChI=1S/C30H38BrFN8O4S/c1-19-15-25(27(44-3)17-26(19)40-9-7-21(8-10-40)39-13-11-38(2)12-14-39)35-30-33-18-22(31)28(36-30)29(41)34-23-6-5-20(32)16-24(23)37-45(4,42)43/h5-6,15-18,21,37H,7-14H2,1-4H3,(H,34,41)(H,33,35,36). The molecule has 1 amide bonds. The second-order valence-corrected chi connectivity index (χ2v) is 14.0. The number of rotatable bonds is 9. The topological polar surface area (TPSA) is 132 Å². The lowest BCUT2D eigenvalue weighted by Crippen LogP contribution is -2.52. The van der Waals surface area contributed by atoms with Crippen LogP contribution >= 0.6 is 15.9 Å². The number of hydrogen-bond donors (Lipinski definition) is 3. The van der Waals surface area contributed by atoms with Gasteiger partial charge < -0.3 is 25.2 Å². The zero-order valence-electron chi connectivity index (χ0n) is 25.7. The molecule has 15 heteroatoms. The van der Waals surface area contributed by atoms with Crippen molar-refractivity contribution in [2.75, 3.05) is 79.9 Å². The first-order chi connectivity index (χ1) is 21.4. The minimum Gasteiger partial charge on any atom is -0.494 e. The van der Waals surface area contributed by atoms with Crippen molar-refractivity contribution in [1.29, 1.82) is 0 Å². The summed E-state index contributed by atoms with van der Waals surface area (Å²) in [5.74, 6) is -0.569. The van der Waals surface area contributed by atoms with Gasteiger partial charge in [-0.05, 0) is 66.5 Å². The summed E-state index contributed by atoms with van der Waals surface area (Å²) in [6.07, 6.45) is 4.60. The highest BCUT2D eigenvalue weighted by Crippen LogP contribution is 2.36. The molecule has 2 aliphatic heterocycles. The van der Waals surface area contributed by atoms with Crippen molar-refractivity contribution in [3.63, 3.8) is 0 Å². The van der Waals surface area contributed by atoms with Crippen LogP contribution in [0.25, 0.3) is 0 Å². The quantitative estimate of drug-likeness (QED) is 0.297. The third-order valence-corrected chi connectivity index (χ3v) is 9.28. The monoisotopic (exact) mass is 704 g/mol. The minimum atomic E-state index is -3.73. The molecule has 0 bridgehead atoms. The van der Waals surface area contributed by atoms with E-state index in [0.717, 1.165) is 81.7 Å². The first-order valence-electron chi connectivity index (χ1n) is 14.6. The molecule has 0 radical (unpaired) electrons. The molecule has 3 aromatic rings. The lowest BCUT2D eigenvalue weighted by Gasteiger charge is -2.43. The maximum absolute atomic E-state index is 13.8. The molecule has 2 fully saturated rings. The Morgan fingerprint density at radius 1 is 1.04 bits per heavy atom. The molecule has 0 aliphatic carbocycles. The summed E-state index contributed by atoms with van der Waals surface area (Å²) in [6, 6.07) is 7.97. The molecule has 0 saturated carbocycles.